The highest BCUT2D eigenvalue weighted by atomic mass is 16.6. The predicted molar refractivity (Wildman–Crippen MR) is 73.2 cm³/mol. The number of allylic oxidation sites excluding steroid dienone is 2. The van der Waals surface area contributed by atoms with E-state index in [1.165, 1.54) is 25.7 Å². The van der Waals surface area contributed by atoms with E-state index in [-0.39, 0.29) is 17.5 Å². The van der Waals surface area contributed by atoms with Gasteiger partial charge in [-0.2, -0.15) is 0 Å². The van der Waals surface area contributed by atoms with Crippen molar-refractivity contribution < 1.29 is 9.53 Å². The standard InChI is InChI=1S/C16H26O2/c1-3-5-11-16(12-6-4-2)14-10-8-7-9-13(14)15(17)18-16/h7-8,13-14H,3-6,9-12H2,1-2H3. The van der Waals surface area contributed by atoms with Crippen LogP contribution in [0, 0.1) is 11.8 Å². The third kappa shape index (κ3) is 2.48. The molecule has 2 rings (SSSR count). The van der Waals surface area contributed by atoms with Crippen molar-refractivity contribution in [3.05, 3.63) is 12.2 Å². The largest absolute Gasteiger partial charge is 0.459 e. The van der Waals surface area contributed by atoms with Crippen molar-refractivity contribution in [2.24, 2.45) is 11.8 Å². The second kappa shape index (κ2) is 5.90. The second-order valence-electron chi connectivity index (χ2n) is 5.85. The van der Waals surface area contributed by atoms with Crippen molar-refractivity contribution in [1.29, 1.82) is 0 Å². The van der Waals surface area contributed by atoms with Gasteiger partial charge in [-0.05, 0) is 38.5 Å². The molecule has 0 aromatic carbocycles. The smallest absolute Gasteiger partial charge is 0.310 e. The molecule has 2 unspecified atom stereocenters. The van der Waals surface area contributed by atoms with Gasteiger partial charge in [-0.3, -0.25) is 4.79 Å². The lowest BCUT2D eigenvalue weighted by molar-refractivity contribution is -0.152. The van der Waals surface area contributed by atoms with E-state index in [0.717, 1.165) is 25.7 Å². The first-order valence-electron chi connectivity index (χ1n) is 7.61. The first-order chi connectivity index (χ1) is 8.73. The van der Waals surface area contributed by atoms with Crippen molar-refractivity contribution in [3.8, 4) is 0 Å². The van der Waals surface area contributed by atoms with Gasteiger partial charge in [0.1, 0.15) is 5.60 Å². The molecule has 1 heterocycles. The average molecular weight is 250 g/mol. The van der Waals surface area contributed by atoms with Gasteiger partial charge in [-0.15, -0.1) is 0 Å². The van der Waals surface area contributed by atoms with E-state index < -0.39 is 0 Å². The van der Waals surface area contributed by atoms with Gasteiger partial charge in [0.25, 0.3) is 0 Å². The summed E-state index contributed by atoms with van der Waals surface area (Å²) in [4.78, 5) is 12.1. The fourth-order valence-electron chi connectivity index (χ4n) is 3.56. The Morgan fingerprint density at radius 3 is 2.39 bits per heavy atom. The number of fused-ring (bicyclic) bond motifs is 1. The molecule has 1 fully saturated rings. The molecule has 0 amide bonds. The fraction of sp³-hybridized carbons (Fsp3) is 0.812. The molecule has 0 radical (unpaired) electrons. The maximum absolute atomic E-state index is 12.1. The number of hydrogen-bond donors (Lipinski definition) is 0. The molecule has 0 saturated carbocycles. The molecule has 0 aromatic rings. The maximum Gasteiger partial charge on any atom is 0.310 e. The molecule has 18 heavy (non-hydrogen) atoms. The van der Waals surface area contributed by atoms with Crippen LogP contribution in [0.5, 0.6) is 0 Å². The van der Waals surface area contributed by atoms with Crippen molar-refractivity contribution in [1.82, 2.24) is 0 Å². The molecule has 1 aliphatic heterocycles. The van der Waals surface area contributed by atoms with Gasteiger partial charge >= 0.3 is 5.97 Å². The zero-order valence-corrected chi connectivity index (χ0v) is 11.8. The molecule has 102 valence electrons. The van der Waals surface area contributed by atoms with E-state index in [1.54, 1.807) is 0 Å². The normalized spacial score (nSPS) is 29.1. The van der Waals surface area contributed by atoms with Crippen LogP contribution in [-0.4, -0.2) is 11.6 Å². The predicted octanol–water partition coefficient (Wildman–Crippen LogP) is 4.24. The van der Waals surface area contributed by atoms with Crippen LogP contribution >= 0.6 is 0 Å². The summed E-state index contributed by atoms with van der Waals surface area (Å²) in [7, 11) is 0. The Balaban J connectivity index is 2.16. The molecule has 0 N–H and O–H groups in total. The molecular weight excluding hydrogens is 224 g/mol. The van der Waals surface area contributed by atoms with Crippen LogP contribution in [0.15, 0.2) is 12.2 Å². The number of ether oxygens (including phenoxy) is 1. The Labute approximate surface area is 111 Å². The molecular formula is C16H26O2. The number of hydrogen-bond acceptors (Lipinski definition) is 2. The number of rotatable bonds is 6. The summed E-state index contributed by atoms with van der Waals surface area (Å²) in [6, 6.07) is 0. The van der Waals surface area contributed by atoms with E-state index in [9.17, 15) is 4.79 Å². The van der Waals surface area contributed by atoms with E-state index in [0.29, 0.717) is 5.92 Å². The number of cyclic esters (lactones) is 1. The summed E-state index contributed by atoms with van der Waals surface area (Å²) >= 11 is 0. The summed E-state index contributed by atoms with van der Waals surface area (Å²) in [5, 5.41) is 0. The SMILES string of the molecule is CCCCC1(CCCC)OC(=O)C2CC=CCC21. The minimum absolute atomic E-state index is 0.0663. The maximum atomic E-state index is 12.1. The van der Waals surface area contributed by atoms with Gasteiger partial charge in [0.2, 0.25) is 0 Å². The third-order valence-electron chi connectivity index (χ3n) is 4.62. The van der Waals surface area contributed by atoms with Gasteiger partial charge in [0.05, 0.1) is 5.92 Å². The summed E-state index contributed by atoms with van der Waals surface area (Å²) < 4.78 is 5.92. The molecule has 0 spiro atoms. The Kier molecular flexibility index (Phi) is 4.47. The number of esters is 1. The Bertz CT molecular complexity index is 311. The Morgan fingerprint density at radius 2 is 1.78 bits per heavy atom. The third-order valence-corrected chi connectivity index (χ3v) is 4.62. The van der Waals surface area contributed by atoms with Gasteiger partial charge < -0.3 is 4.74 Å². The average Bonchev–Trinajstić information content (AvgIpc) is 2.69. The summed E-state index contributed by atoms with van der Waals surface area (Å²) in [6.45, 7) is 4.42. The Morgan fingerprint density at radius 1 is 1.17 bits per heavy atom. The first kappa shape index (κ1) is 13.6. The minimum Gasteiger partial charge on any atom is -0.459 e. The molecule has 2 nitrogen and oxygen atoms in total. The topological polar surface area (TPSA) is 26.3 Å². The quantitative estimate of drug-likeness (QED) is 0.520. The number of carbonyl (C=O) groups excluding carboxylic acids is 1. The summed E-state index contributed by atoms with van der Waals surface area (Å²) in [5.41, 5.74) is -0.140. The molecule has 2 atom stereocenters. The molecule has 2 heteroatoms. The summed E-state index contributed by atoms with van der Waals surface area (Å²) in [6.07, 6.45) is 13.1. The first-order valence-corrected chi connectivity index (χ1v) is 7.61. The monoisotopic (exact) mass is 250 g/mol. The van der Waals surface area contributed by atoms with Crippen molar-refractivity contribution >= 4 is 5.97 Å². The highest BCUT2D eigenvalue weighted by molar-refractivity contribution is 5.76. The van der Waals surface area contributed by atoms with E-state index >= 15 is 0 Å². The molecule has 1 aliphatic carbocycles. The second-order valence-corrected chi connectivity index (χ2v) is 5.85. The van der Waals surface area contributed by atoms with Gasteiger partial charge in [0.15, 0.2) is 0 Å². The minimum atomic E-state index is -0.140. The van der Waals surface area contributed by atoms with E-state index in [4.69, 9.17) is 4.74 Å². The van der Waals surface area contributed by atoms with Crippen LogP contribution in [0.4, 0.5) is 0 Å². The lowest BCUT2D eigenvalue weighted by Gasteiger charge is -2.35. The number of carbonyl (C=O) groups is 1. The van der Waals surface area contributed by atoms with Crippen LogP contribution in [0.1, 0.15) is 65.2 Å². The molecule has 0 bridgehead atoms. The highest BCUT2D eigenvalue weighted by Crippen LogP contribution is 2.48. The number of unbranched alkanes of at least 4 members (excludes halogenated alkanes) is 2. The molecule has 1 saturated heterocycles. The van der Waals surface area contributed by atoms with E-state index in [2.05, 4.69) is 26.0 Å². The highest BCUT2D eigenvalue weighted by Gasteiger charge is 2.53. The van der Waals surface area contributed by atoms with Crippen LogP contribution in [-0.2, 0) is 9.53 Å². The fourth-order valence-corrected chi connectivity index (χ4v) is 3.56. The van der Waals surface area contributed by atoms with Crippen molar-refractivity contribution in [3.63, 3.8) is 0 Å². The van der Waals surface area contributed by atoms with Crippen LogP contribution in [0.25, 0.3) is 0 Å². The summed E-state index contributed by atoms with van der Waals surface area (Å²) in [5.74, 6) is 0.647. The van der Waals surface area contributed by atoms with E-state index in [1.807, 2.05) is 0 Å². The lowest BCUT2D eigenvalue weighted by atomic mass is 9.71. The van der Waals surface area contributed by atoms with Gasteiger partial charge in [-0.1, -0.05) is 38.8 Å². The lowest BCUT2D eigenvalue weighted by Crippen LogP contribution is -2.37. The zero-order chi connectivity index (χ0) is 13.0. The van der Waals surface area contributed by atoms with Crippen LogP contribution in [0.2, 0.25) is 0 Å². The van der Waals surface area contributed by atoms with Crippen LogP contribution in [0.3, 0.4) is 0 Å². The Hall–Kier alpha value is -0.790. The zero-order valence-electron chi connectivity index (χ0n) is 11.8. The molecule has 0 aromatic heterocycles. The van der Waals surface area contributed by atoms with Crippen LogP contribution < -0.4 is 0 Å². The van der Waals surface area contributed by atoms with Crippen molar-refractivity contribution in [2.45, 2.75) is 70.8 Å². The van der Waals surface area contributed by atoms with Gasteiger partial charge in [-0.25, -0.2) is 0 Å². The van der Waals surface area contributed by atoms with Crippen molar-refractivity contribution in [2.75, 3.05) is 0 Å². The molecule has 2 aliphatic rings. The van der Waals surface area contributed by atoms with Gasteiger partial charge in [0, 0.05) is 5.92 Å².